The van der Waals surface area contributed by atoms with Gasteiger partial charge in [0.25, 0.3) is 0 Å². The van der Waals surface area contributed by atoms with E-state index in [4.69, 9.17) is 0 Å². The Balaban J connectivity index is 2.37. The molecule has 1 fully saturated rings. The third-order valence-corrected chi connectivity index (χ3v) is 3.73. The van der Waals surface area contributed by atoms with Crippen molar-refractivity contribution in [1.29, 1.82) is 0 Å². The Morgan fingerprint density at radius 3 is 2.35 bits per heavy atom. The smallest absolute Gasteiger partial charge is 0.173 e. The number of aryl methyl sites for hydroxylation is 3. The van der Waals surface area contributed by atoms with Crippen molar-refractivity contribution < 1.29 is 9.59 Å². The van der Waals surface area contributed by atoms with Crippen LogP contribution < -0.4 is 0 Å². The number of rotatable bonds is 2. The molecule has 2 heteroatoms. The van der Waals surface area contributed by atoms with Gasteiger partial charge in [0.1, 0.15) is 5.78 Å². The van der Waals surface area contributed by atoms with Gasteiger partial charge in [-0.25, -0.2) is 0 Å². The van der Waals surface area contributed by atoms with E-state index < -0.39 is 0 Å². The maximum Gasteiger partial charge on any atom is 0.173 e. The lowest BCUT2D eigenvalue weighted by atomic mass is 9.90. The van der Waals surface area contributed by atoms with Crippen molar-refractivity contribution in [2.24, 2.45) is 5.92 Å². The summed E-state index contributed by atoms with van der Waals surface area (Å²) in [4.78, 5) is 24.0. The zero-order valence-corrected chi connectivity index (χ0v) is 10.7. The number of ketones is 2. The van der Waals surface area contributed by atoms with Gasteiger partial charge in [0, 0.05) is 12.0 Å². The highest BCUT2D eigenvalue weighted by atomic mass is 16.2. The molecule has 0 heterocycles. The molecule has 1 atom stereocenters. The van der Waals surface area contributed by atoms with E-state index in [0.717, 1.165) is 29.5 Å². The van der Waals surface area contributed by atoms with Gasteiger partial charge in [-0.15, -0.1) is 0 Å². The van der Waals surface area contributed by atoms with Crippen LogP contribution in [-0.2, 0) is 4.79 Å². The number of carbonyl (C=O) groups is 2. The van der Waals surface area contributed by atoms with Gasteiger partial charge in [0.15, 0.2) is 5.78 Å². The van der Waals surface area contributed by atoms with E-state index in [2.05, 4.69) is 0 Å². The molecule has 0 N–H and O–H groups in total. The number of hydrogen-bond donors (Lipinski definition) is 0. The van der Waals surface area contributed by atoms with Gasteiger partial charge in [-0.1, -0.05) is 6.07 Å². The number of Topliss-reactive ketones (excluding diaryl/α,β-unsaturated/α-hetero) is 2. The van der Waals surface area contributed by atoms with Crippen LogP contribution >= 0.6 is 0 Å². The molecule has 1 aromatic carbocycles. The predicted molar refractivity (Wildman–Crippen MR) is 67.3 cm³/mol. The molecular formula is C15H18O2. The zero-order valence-electron chi connectivity index (χ0n) is 10.7. The number of carbonyl (C=O) groups excluding carboxylic acids is 2. The Labute approximate surface area is 102 Å². The van der Waals surface area contributed by atoms with Crippen LogP contribution in [0.3, 0.4) is 0 Å². The fourth-order valence-corrected chi connectivity index (χ4v) is 2.51. The summed E-state index contributed by atoms with van der Waals surface area (Å²) >= 11 is 0. The predicted octanol–water partition coefficient (Wildman–Crippen LogP) is 3.16. The second-order valence-corrected chi connectivity index (χ2v) is 5.03. The summed E-state index contributed by atoms with van der Waals surface area (Å²) in [7, 11) is 0. The fraction of sp³-hybridized carbons (Fsp3) is 0.467. The van der Waals surface area contributed by atoms with Crippen LogP contribution in [-0.4, -0.2) is 11.6 Å². The van der Waals surface area contributed by atoms with E-state index in [0.29, 0.717) is 6.42 Å². The molecule has 1 unspecified atom stereocenters. The first-order valence-corrected chi connectivity index (χ1v) is 6.15. The van der Waals surface area contributed by atoms with Crippen molar-refractivity contribution in [2.75, 3.05) is 0 Å². The Kier molecular flexibility index (Phi) is 3.14. The largest absolute Gasteiger partial charge is 0.299 e. The molecule has 2 nitrogen and oxygen atoms in total. The van der Waals surface area contributed by atoms with Crippen molar-refractivity contribution in [3.8, 4) is 0 Å². The van der Waals surface area contributed by atoms with Crippen molar-refractivity contribution in [1.82, 2.24) is 0 Å². The van der Waals surface area contributed by atoms with E-state index in [9.17, 15) is 9.59 Å². The quantitative estimate of drug-likeness (QED) is 0.577. The lowest BCUT2D eigenvalue weighted by Gasteiger charge is -2.12. The Bertz CT molecular complexity index is 486. The molecule has 0 spiro atoms. The van der Waals surface area contributed by atoms with Gasteiger partial charge in [-0.3, -0.25) is 9.59 Å². The first-order chi connectivity index (χ1) is 8.00. The first kappa shape index (κ1) is 12.0. The van der Waals surface area contributed by atoms with Crippen LogP contribution in [0.4, 0.5) is 0 Å². The van der Waals surface area contributed by atoms with Crippen LogP contribution in [0.1, 0.15) is 46.3 Å². The molecule has 90 valence electrons. The molecule has 0 amide bonds. The highest BCUT2D eigenvalue weighted by Gasteiger charge is 2.32. The zero-order chi connectivity index (χ0) is 12.6. The van der Waals surface area contributed by atoms with Crippen LogP contribution in [0.25, 0.3) is 0 Å². The normalized spacial score (nSPS) is 19.7. The average molecular weight is 230 g/mol. The van der Waals surface area contributed by atoms with Crippen LogP contribution in [0.15, 0.2) is 12.1 Å². The maximum absolute atomic E-state index is 12.3. The van der Waals surface area contributed by atoms with Crippen molar-refractivity contribution in [2.45, 2.75) is 40.0 Å². The second-order valence-electron chi connectivity index (χ2n) is 5.03. The van der Waals surface area contributed by atoms with Gasteiger partial charge < -0.3 is 0 Å². The molecule has 1 aliphatic rings. The highest BCUT2D eigenvalue weighted by Crippen LogP contribution is 2.27. The van der Waals surface area contributed by atoms with Gasteiger partial charge in [-0.2, -0.15) is 0 Å². The third kappa shape index (κ3) is 2.17. The summed E-state index contributed by atoms with van der Waals surface area (Å²) in [6, 6.07) is 3.96. The average Bonchev–Trinajstić information content (AvgIpc) is 2.69. The van der Waals surface area contributed by atoms with Gasteiger partial charge in [0.05, 0.1) is 5.92 Å². The molecule has 0 aliphatic heterocycles. The van der Waals surface area contributed by atoms with E-state index in [-0.39, 0.29) is 17.5 Å². The molecule has 0 radical (unpaired) electrons. The highest BCUT2D eigenvalue weighted by molar-refractivity contribution is 6.12. The molecule has 0 saturated heterocycles. The molecule has 1 saturated carbocycles. The fourth-order valence-electron chi connectivity index (χ4n) is 2.51. The summed E-state index contributed by atoms with van der Waals surface area (Å²) in [5.74, 6) is -0.239. The molecule has 1 aromatic rings. The summed E-state index contributed by atoms with van der Waals surface area (Å²) < 4.78 is 0. The van der Waals surface area contributed by atoms with Gasteiger partial charge >= 0.3 is 0 Å². The maximum atomic E-state index is 12.3. The minimum atomic E-state index is -0.379. The molecule has 1 aliphatic carbocycles. The number of hydrogen-bond acceptors (Lipinski definition) is 2. The minimum absolute atomic E-state index is 0.0214. The van der Waals surface area contributed by atoms with E-state index >= 15 is 0 Å². The lowest BCUT2D eigenvalue weighted by molar-refractivity contribution is -0.119. The topological polar surface area (TPSA) is 34.1 Å². The van der Waals surface area contributed by atoms with Crippen LogP contribution in [0.2, 0.25) is 0 Å². The van der Waals surface area contributed by atoms with E-state index in [1.165, 1.54) is 5.56 Å². The molecule has 2 rings (SSSR count). The summed E-state index contributed by atoms with van der Waals surface area (Å²) in [5.41, 5.74) is 4.02. The Hall–Kier alpha value is -1.44. The lowest BCUT2D eigenvalue weighted by Crippen LogP contribution is -2.19. The first-order valence-electron chi connectivity index (χ1n) is 6.15. The number of benzene rings is 1. The van der Waals surface area contributed by atoms with Crippen molar-refractivity contribution >= 4 is 11.6 Å². The van der Waals surface area contributed by atoms with E-state index in [1.807, 2.05) is 32.9 Å². The van der Waals surface area contributed by atoms with Gasteiger partial charge in [-0.05, 0) is 56.4 Å². The standard InChI is InChI=1S/C15H18O2/c1-9-7-11(3)13(8-10(9)2)15(17)12-5-4-6-14(12)16/h7-8,12H,4-6H2,1-3H3. The van der Waals surface area contributed by atoms with Crippen molar-refractivity contribution in [3.63, 3.8) is 0 Å². The Morgan fingerprint density at radius 2 is 1.76 bits per heavy atom. The van der Waals surface area contributed by atoms with Gasteiger partial charge in [0.2, 0.25) is 0 Å². The van der Waals surface area contributed by atoms with Crippen LogP contribution in [0, 0.1) is 26.7 Å². The van der Waals surface area contributed by atoms with Crippen LogP contribution in [0.5, 0.6) is 0 Å². The molecular weight excluding hydrogens is 212 g/mol. The summed E-state index contributed by atoms with van der Waals surface area (Å²) in [6.45, 7) is 5.98. The summed E-state index contributed by atoms with van der Waals surface area (Å²) in [6.07, 6.45) is 2.16. The van der Waals surface area contributed by atoms with Crippen molar-refractivity contribution in [3.05, 3.63) is 34.4 Å². The minimum Gasteiger partial charge on any atom is -0.299 e. The molecule has 0 aromatic heterocycles. The Morgan fingerprint density at radius 1 is 1.12 bits per heavy atom. The van der Waals surface area contributed by atoms with E-state index in [1.54, 1.807) is 0 Å². The monoisotopic (exact) mass is 230 g/mol. The second kappa shape index (κ2) is 4.44. The molecule has 17 heavy (non-hydrogen) atoms. The SMILES string of the molecule is Cc1cc(C)c(C(=O)C2CCCC2=O)cc1C. The third-order valence-electron chi connectivity index (χ3n) is 3.73. The summed E-state index contributed by atoms with van der Waals surface area (Å²) in [5, 5.41) is 0. The molecule has 0 bridgehead atoms.